The molecule has 0 unspecified atom stereocenters. The highest BCUT2D eigenvalue weighted by atomic mass is 19.1. The van der Waals surface area contributed by atoms with Gasteiger partial charge < -0.3 is 25.3 Å². The predicted octanol–water partition coefficient (Wildman–Crippen LogP) is 6.34. The largest absolute Gasteiger partial charge is 0.393 e. The van der Waals surface area contributed by atoms with Gasteiger partial charge in [0.15, 0.2) is 11.6 Å². The number of Topliss-reactive ketones (excluding diaryl/α,β-unsaturated/α-hetero) is 2. The van der Waals surface area contributed by atoms with Gasteiger partial charge in [0, 0.05) is 67.2 Å². The van der Waals surface area contributed by atoms with Crippen molar-refractivity contribution in [2.75, 3.05) is 41.3 Å². The molecule has 2 aliphatic rings. The van der Waals surface area contributed by atoms with E-state index < -0.39 is 5.82 Å². The van der Waals surface area contributed by atoms with Crippen molar-refractivity contribution in [1.82, 2.24) is 0 Å². The molecule has 0 spiro atoms. The fourth-order valence-corrected chi connectivity index (χ4v) is 6.18. The molecule has 4 aromatic rings. The second-order valence-corrected chi connectivity index (χ2v) is 12.4. The van der Waals surface area contributed by atoms with Gasteiger partial charge in [0.1, 0.15) is 5.82 Å². The summed E-state index contributed by atoms with van der Waals surface area (Å²) in [7, 11) is 0. The number of hydrogen-bond acceptors (Lipinski definition) is 7. The molecule has 2 fully saturated rings. The van der Waals surface area contributed by atoms with Gasteiger partial charge in [-0.25, -0.2) is 4.39 Å². The average Bonchev–Trinajstić information content (AvgIpc) is 3.07. The molecule has 0 radical (unpaired) electrons. The number of nitrogens with zero attached hydrogens (tertiary/aromatic N) is 2. The number of rotatable bonds is 10. The van der Waals surface area contributed by atoms with Crippen molar-refractivity contribution in [3.8, 4) is 0 Å². The van der Waals surface area contributed by atoms with E-state index in [0.29, 0.717) is 49.2 Å². The van der Waals surface area contributed by atoms with E-state index in [0.717, 1.165) is 54.1 Å². The monoisotopic (exact) mass is 621 g/mol. The fourth-order valence-electron chi connectivity index (χ4n) is 6.18. The van der Waals surface area contributed by atoms with Crippen LogP contribution in [0.3, 0.4) is 0 Å². The third kappa shape index (κ3) is 7.81. The maximum Gasteiger partial charge on any atom is 0.167 e. The standard InChI is InChI=1S/C38H40FN3O4/c39-35-25-29(7-14-36(35)42-21-17-34(44)18-22-42)38(46)24-27-3-10-31(11-4-27)40-30-8-1-26(2-9-30)23-37(45)28-5-12-32(13-6-28)41-19-15-33(43)16-20-41/h1-14,25,33-34,40,43-44H,15-24H2. The number of carbonyl (C=O) groups excluding carboxylic acids is 2. The molecule has 46 heavy (non-hydrogen) atoms. The molecule has 0 amide bonds. The molecule has 0 atom stereocenters. The van der Waals surface area contributed by atoms with E-state index in [2.05, 4.69) is 10.2 Å². The molecule has 0 aliphatic carbocycles. The first-order valence-corrected chi connectivity index (χ1v) is 16.1. The minimum absolute atomic E-state index is 0.0629. The topological polar surface area (TPSA) is 93.1 Å². The number of benzene rings is 4. The Kier molecular flexibility index (Phi) is 9.76. The van der Waals surface area contributed by atoms with Gasteiger partial charge in [-0.05, 0) is 104 Å². The number of aliphatic hydroxyl groups is 2. The van der Waals surface area contributed by atoms with Crippen LogP contribution < -0.4 is 15.1 Å². The Hall–Kier alpha value is -4.53. The minimum atomic E-state index is -0.415. The number of halogens is 1. The second-order valence-electron chi connectivity index (χ2n) is 12.4. The van der Waals surface area contributed by atoms with Crippen LogP contribution in [0.5, 0.6) is 0 Å². The van der Waals surface area contributed by atoms with E-state index in [-0.39, 0.29) is 30.2 Å². The van der Waals surface area contributed by atoms with Crippen molar-refractivity contribution in [1.29, 1.82) is 0 Å². The lowest BCUT2D eigenvalue weighted by Crippen LogP contribution is -2.36. The Bertz CT molecular complexity index is 1640. The van der Waals surface area contributed by atoms with Crippen LogP contribution >= 0.6 is 0 Å². The lowest BCUT2D eigenvalue weighted by Gasteiger charge is -2.31. The third-order valence-corrected chi connectivity index (χ3v) is 9.02. The molecule has 0 saturated carbocycles. The van der Waals surface area contributed by atoms with E-state index in [1.165, 1.54) is 6.07 Å². The summed E-state index contributed by atoms with van der Waals surface area (Å²) >= 11 is 0. The number of anilines is 4. The van der Waals surface area contributed by atoms with E-state index in [4.69, 9.17) is 0 Å². The number of nitrogens with one attached hydrogen (secondary N) is 1. The van der Waals surface area contributed by atoms with Crippen LogP contribution in [-0.4, -0.2) is 60.2 Å². The zero-order valence-corrected chi connectivity index (χ0v) is 25.9. The van der Waals surface area contributed by atoms with Gasteiger partial charge in [-0.15, -0.1) is 0 Å². The molecule has 0 aromatic heterocycles. The number of carbonyl (C=O) groups is 2. The quantitative estimate of drug-likeness (QED) is 0.178. The first-order valence-electron chi connectivity index (χ1n) is 16.1. The van der Waals surface area contributed by atoms with Crippen LogP contribution in [0.2, 0.25) is 0 Å². The van der Waals surface area contributed by atoms with Gasteiger partial charge in [0.2, 0.25) is 0 Å². The van der Waals surface area contributed by atoms with E-state index in [1.807, 2.05) is 77.7 Å². The van der Waals surface area contributed by atoms with Gasteiger partial charge in [0.25, 0.3) is 0 Å². The highest BCUT2D eigenvalue weighted by molar-refractivity contribution is 5.98. The molecule has 238 valence electrons. The summed E-state index contributed by atoms with van der Waals surface area (Å²) in [4.78, 5) is 30.0. The maximum atomic E-state index is 14.8. The molecule has 4 aromatic carbocycles. The van der Waals surface area contributed by atoms with E-state index in [1.54, 1.807) is 12.1 Å². The van der Waals surface area contributed by atoms with Crippen molar-refractivity contribution in [2.45, 2.75) is 50.7 Å². The molecular formula is C38H40FN3O4. The summed E-state index contributed by atoms with van der Waals surface area (Å²) < 4.78 is 14.8. The van der Waals surface area contributed by atoms with Crippen LogP contribution in [0.15, 0.2) is 91.0 Å². The fraction of sp³-hybridized carbons (Fsp3) is 0.316. The lowest BCUT2D eigenvalue weighted by molar-refractivity contribution is 0.0984. The van der Waals surface area contributed by atoms with E-state index in [9.17, 15) is 24.2 Å². The lowest BCUT2D eigenvalue weighted by atomic mass is 10.0. The van der Waals surface area contributed by atoms with Gasteiger partial charge in [-0.2, -0.15) is 0 Å². The van der Waals surface area contributed by atoms with Crippen LogP contribution in [-0.2, 0) is 12.8 Å². The first-order chi connectivity index (χ1) is 22.3. The summed E-state index contributed by atoms with van der Waals surface area (Å²) in [6.07, 6.45) is 2.70. The molecule has 0 bridgehead atoms. The zero-order chi connectivity index (χ0) is 32.0. The Morgan fingerprint density at radius 2 is 1.09 bits per heavy atom. The Morgan fingerprint density at radius 3 is 1.59 bits per heavy atom. The normalized spacial score (nSPS) is 16.0. The van der Waals surface area contributed by atoms with Crippen LogP contribution in [0.4, 0.5) is 27.1 Å². The average molecular weight is 622 g/mol. The summed E-state index contributed by atoms with van der Waals surface area (Å²) in [6, 6.07) is 27.8. The third-order valence-electron chi connectivity index (χ3n) is 9.02. The van der Waals surface area contributed by atoms with Gasteiger partial charge >= 0.3 is 0 Å². The number of hydrogen-bond donors (Lipinski definition) is 3. The van der Waals surface area contributed by atoms with Crippen molar-refractivity contribution < 1.29 is 24.2 Å². The smallest absolute Gasteiger partial charge is 0.167 e. The van der Waals surface area contributed by atoms with Crippen LogP contribution in [0.1, 0.15) is 57.5 Å². The molecule has 3 N–H and O–H groups in total. The highest BCUT2D eigenvalue weighted by Gasteiger charge is 2.21. The van der Waals surface area contributed by atoms with Crippen molar-refractivity contribution in [3.63, 3.8) is 0 Å². The molecule has 2 heterocycles. The maximum absolute atomic E-state index is 14.8. The van der Waals surface area contributed by atoms with Crippen molar-refractivity contribution in [2.24, 2.45) is 0 Å². The Balaban J connectivity index is 0.989. The molecule has 2 saturated heterocycles. The van der Waals surface area contributed by atoms with Gasteiger partial charge in [0.05, 0.1) is 17.9 Å². The number of piperidine rings is 2. The Labute approximate surface area is 269 Å². The Morgan fingerprint density at radius 1 is 0.630 bits per heavy atom. The second kappa shape index (κ2) is 14.3. The number of ketones is 2. The minimum Gasteiger partial charge on any atom is -0.393 e. The first kappa shape index (κ1) is 31.5. The predicted molar refractivity (Wildman–Crippen MR) is 180 cm³/mol. The zero-order valence-electron chi connectivity index (χ0n) is 25.9. The molecule has 6 rings (SSSR count). The van der Waals surface area contributed by atoms with Crippen molar-refractivity contribution >= 4 is 34.3 Å². The van der Waals surface area contributed by atoms with E-state index >= 15 is 0 Å². The van der Waals surface area contributed by atoms with Gasteiger partial charge in [-0.1, -0.05) is 24.3 Å². The molecule has 8 heteroatoms. The van der Waals surface area contributed by atoms with Crippen molar-refractivity contribution in [3.05, 3.63) is 119 Å². The summed E-state index contributed by atoms with van der Waals surface area (Å²) in [6.45, 7) is 2.84. The molecular weight excluding hydrogens is 581 g/mol. The summed E-state index contributed by atoms with van der Waals surface area (Å²) in [5, 5.41) is 22.8. The summed E-state index contributed by atoms with van der Waals surface area (Å²) in [5.41, 5.74) is 6.09. The SMILES string of the molecule is O=C(Cc1ccc(Nc2ccc(CC(=O)c3ccc(N4CCC(O)CC4)c(F)c3)cc2)cc1)c1ccc(N2CCC(O)CC2)cc1. The number of aliphatic hydroxyl groups excluding tert-OH is 2. The van der Waals surface area contributed by atoms with Crippen LogP contribution in [0, 0.1) is 5.82 Å². The van der Waals surface area contributed by atoms with Crippen LogP contribution in [0.25, 0.3) is 0 Å². The highest BCUT2D eigenvalue weighted by Crippen LogP contribution is 2.26. The molecule has 2 aliphatic heterocycles. The summed E-state index contributed by atoms with van der Waals surface area (Å²) in [5.74, 6) is -0.501. The molecule has 7 nitrogen and oxygen atoms in total. The van der Waals surface area contributed by atoms with Gasteiger partial charge in [-0.3, -0.25) is 9.59 Å².